The Hall–Kier alpha value is -2.10. The molecule has 3 rings (SSSR count). The highest BCUT2D eigenvalue weighted by Gasteiger charge is 2.16. The molecule has 0 saturated heterocycles. The van der Waals surface area contributed by atoms with E-state index in [1.54, 1.807) is 6.07 Å². The van der Waals surface area contributed by atoms with Crippen LogP contribution in [0.25, 0.3) is 16.7 Å². The lowest BCUT2D eigenvalue weighted by molar-refractivity contribution is 0.440. The monoisotopic (exact) mass is 334 g/mol. The number of hydrogen-bond acceptors (Lipinski definition) is 0. The second-order valence-corrected chi connectivity index (χ2v) is 6.36. The molecule has 0 aliphatic heterocycles. The lowest BCUT2D eigenvalue weighted by Crippen LogP contribution is -2.01. The largest absolute Gasteiger partial charge is 0.246 e. The molecule has 0 fully saturated rings. The van der Waals surface area contributed by atoms with Crippen LogP contribution in [0.15, 0.2) is 36.4 Å². The number of hydrogen-bond donors (Lipinski definition) is 0. The molecule has 0 heterocycles. The van der Waals surface area contributed by atoms with Crippen LogP contribution in [0.5, 0.6) is 0 Å². The van der Waals surface area contributed by atoms with Crippen molar-refractivity contribution >= 4 is 5.57 Å². The van der Waals surface area contributed by atoms with E-state index in [1.807, 2.05) is 0 Å². The van der Waals surface area contributed by atoms with Gasteiger partial charge in [-0.3, -0.25) is 0 Å². The summed E-state index contributed by atoms with van der Waals surface area (Å²) in [6, 6.07) is 6.62. The molecular formula is C20H18F4. The first-order valence-electron chi connectivity index (χ1n) is 8.02. The third-order valence-corrected chi connectivity index (χ3v) is 4.60. The molecule has 0 aromatic heterocycles. The molecule has 0 radical (unpaired) electrons. The first kappa shape index (κ1) is 16.7. The quantitative estimate of drug-likeness (QED) is 0.566. The molecule has 126 valence electrons. The van der Waals surface area contributed by atoms with Gasteiger partial charge in [0.05, 0.1) is 5.56 Å². The van der Waals surface area contributed by atoms with Crippen molar-refractivity contribution in [2.24, 2.45) is 5.92 Å². The van der Waals surface area contributed by atoms with Gasteiger partial charge in [0, 0.05) is 5.56 Å². The zero-order valence-corrected chi connectivity index (χ0v) is 13.4. The van der Waals surface area contributed by atoms with E-state index in [1.165, 1.54) is 12.1 Å². The smallest absolute Gasteiger partial charge is 0.132 e. The van der Waals surface area contributed by atoms with Gasteiger partial charge in [0.1, 0.15) is 24.1 Å². The molecule has 4 heteroatoms. The number of alkyl halides is 1. The van der Waals surface area contributed by atoms with E-state index in [0.717, 1.165) is 42.5 Å². The van der Waals surface area contributed by atoms with E-state index >= 15 is 0 Å². The van der Waals surface area contributed by atoms with Crippen LogP contribution in [-0.2, 0) is 6.67 Å². The lowest BCUT2D eigenvalue weighted by atomic mass is 9.87. The maximum atomic E-state index is 14.5. The van der Waals surface area contributed by atoms with Gasteiger partial charge in [0.15, 0.2) is 0 Å². The fraction of sp³-hybridized carbons (Fsp3) is 0.300. The summed E-state index contributed by atoms with van der Waals surface area (Å²) in [4.78, 5) is 0. The van der Waals surface area contributed by atoms with Crippen molar-refractivity contribution < 1.29 is 17.6 Å². The Balaban J connectivity index is 1.96. The molecule has 1 atom stereocenters. The van der Waals surface area contributed by atoms with Crippen LogP contribution < -0.4 is 0 Å². The molecule has 1 aliphatic rings. The molecular weight excluding hydrogens is 316 g/mol. The number of halogens is 4. The Morgan fingerprint density at radius 2 is 1.62 bits per heavy atom. The fourth-order valence-electron chi connectivity index (χ4n) is 3.06. The molecule has 1 unspecified atom stereocenters. The summed E-state index contributed by atoms with van der Waals surface area (Å²) in [5, 5.41) is 0. The zero-order valence-electron chi connectivity index (χ0n) is 13.4. The van der Waals surface area contributed by atoms with Crippen molar-refractivity contribution in [2.75, 3.05) is 0 Å². The van der Waals surface area contributed by atoms with Crippen molar-refractivity contribution in [3.63, 3.8) is 0 Å². The van der Waals surface area contributed by atoms with Gasteiger partial charge in [-0.05, 0) is 60.1 Å². The minimum Gasteiger partial charge on any atom is -0.246 e. The topological polar surface area (TPSA) is 0 Å². The Morgan fingerprint density at radius 3 is 2.17 bits per heavy atom. The van der Waals surface area contributed by atoms with Crippen molar-refractivity contribution in [3.8, 4) is 11.1 Å². The Bertz CT molecular complexity index is 769. The predicted octanol–water partition coefficient (Wildman–Crippen LogP) is 6.44. The Morgan fingerprint density at radius 1 is 0.958 bits per heavy atom. The summed E-state index contributed by atoms with van der Waals surface area (Å²) in [6.07, 6.45) is 5.06. The summed E-state index contributed by atoms with van der Waals surface area (Å²) >= 11 is 0. The molecule has 0 nitrogen and oxygen atoms in total. The second kappa shape index (κ2) is 6.80. The van der Waals surface area contributed by atoms with Crippen molar-refractivity contribution in [2.45, 2.75) is 32.9 Å². The average molecular weight is 334 g/mol. The first-order valence-corrected chi connectivity index (χ1v) is 8.02. The highest BCUT2D eigenvalue weighted by molar-refractivity contribution is 5.71. The number of benzene rings is 2. The summed E-state index contributed by atoms with van der Waals surface area (Å²) in [5.41, 5.74) is 1.44. The van der Waals surface area contributed by atoms with Crippen molar-refractivity contribution in [1.29, 1.82) is 0 Å². The van der Waals surface area contributed by atoms with Crippen LogP contribution in [-0.4, -0.2) is 0 Å². The van der Waals surface area contributed by atoms with E-state index in [-0.39, 0.29) is 11.1 Å². The van der Waals surface area contributed by atoms with Crippen LogP contribution in [0.1, 0.15) is 37.3 Å². The van der Waals surface area contributed by atoms with Crippen LogP contribution in [0.4, 0.5) is 17.6 Å². The van der Waals surface area contributed by atoms with Crippen LogP contribution in [0, 0.1) is 23.4 Å². The maximum absolute atomic E-state index is 14.5. The second-order valence-electron chi connectivity index (χ2n) is 6.36. The van der Waals surface area contributed by atoms with Crippen LogP contribution in [0.3, 0.4) is 0 Å². The molecule has 0 N–H and O–H groups in total. The van der Waals surface area contributed by atoms with Crippen molar-refractivity contribution in [1.82, 2.24) is 0 Å². The van der Waals surface area contributed by atoms with Gasteiger partial charge < -0.3 is 0 Å². The highest BCUT2D eigenvalue weighted by atomic mass is 19.1. The van der Waals surface area contributed by atoms with Gasteiger partial charge in [-0.25, -0.2) is 17.6 Å². The molecule has 24 heavy (non-hydrogen) atoms. The minimum atomic E-state index is -1.23. The predicted molar refractivity (Wildman–Crippen MR) is 87.6 cm³/mol. The van der Waals surface area contributed by atoms with Gasteiger partial charge >= 0.3 is 0 Å². The van der Waals surface area contributed by atoms with E-state index in [9.17, 15) is 17.6 Å². The summed E-state index contributed by atoms with van der Waals surface area (Å²) in [7, 11) is 0. The van der Waals surface area contributed by atoms with Gasteiger partial charge in [-0.2, -0.15) is 0 Å². The average Bonchev–Trinajstić information content (AvgIpc) is 2.55. The van der Waals surface area contributed by atoms with E-state index < -0.39 is 29.7 Å². The number of rotatable bonds is 3. The molecule has 0 bridgehead atoms. The number of allylic oxidation sites excluding steroid dienone is 2. The van der Waals surface area contributed by atoms with Crippen LogP contribution in [0.2, 0.25) is 0 Å². The maximum Gasteiger partial charge on any atom is 0.132 e. The first-order chi connectivity index (χ1) is 11.5. The molecule has 2 aromatic rings. The molecule has 0 saturated carbocycles. The van der Waals surface area contributed by atoms with Crippen LogP contribution >= 0.6 is 0 Å². The molecule has 0 amide bonds. The SMILES string of the molecule is CC1CC=C(c2ccc(-c3cc(F)c(CF)c(F)c3)c(F)c2)CC1. The van der Waals surface area contributed by atoms with E-state index in [4.69, 9.17) is 0 Å². The third-order valence-electron chi connectivity index (χ3n) is 4.60. The van der Waals surface area contributed by atoms with Gasteiger partial charge in [-0.15, -0.1) is 0 Å². The molecule has 1 aliphatic carbocycles. The fourth-order valence-corrected chi connectivity index (χ4v) is 3.06. The standard InChI is InChI=1S/C20H18F4/c1-12-2-4-13(5-3-12)14-6-7-16(18(22)8-14)15-9-19(23)17(11-21)20(24)10-15/h4,6-10,12H,2-3,5,11H2,1H3. The summed E-state index contributed by atoms with van der Waals surface area (Å²) in [6.45, 7) is 0.951. The zero-order chi connectivity index (χ0) is 17.3. The molecule has 2 aromatic carbocycles. The summed E-state index contributed by atoms with van der Waals surface area (Å²) in [5.74, 6) is -1.91. The van der Waals surface area contributed by atoms with Gasteiger partial charge in [0.25, 0.3) is 0 Å². The van der Waals surface area contributed by atoms with Crippen molar-refractivity contribution in [3.05, 3.63) is 65.0 Å². The summed E-state index contributed by atoms with van der Waals surface area (Å²) < 4.78 is 54.5. The Kier molecular flexibility index (Phi) is 4.74. The normalized spacial score (nSPS) is 17.7. The Labute approximate surface area is 138 Å². The van der Waals surface area contributed by atoms with E-state index in [0.29, 0.717) is 5.92 Å². The van der Waals surface area contributed by atoms with Gasteiger partial charge in [0.2, 0.25) is 0 Å². The molecule has 0 spiro atoms. The third kappa shape index (κ3) is 3.23. The minimum absolute atomic E-state index is 0.0671. The lowest BCUT2D eigenvalue weighted by Gasteiger charge is -2.19. The van der Waals surface area contributed by atoms with E-state index in [2.05, 4.69) is 13.0 Å². The highest BCUT2D eigenvalue weighted by Crippen LogP contribution is 2.33. The van der Waals surface area contributed by atoms with Gasteiger partial charge in [-0.1, -0.05) is 25.1 Å².